The van der Waals surface area contributed by atoms with Crippen LogP contribution < -0.4 is 10.6 Å². The minimum absolute atomic E-state index is 0. The van der Waals surface area contributed by atoms with E-state index in [0.29, 0.717) is 12.1 Å². The Kier molecular flexibility index (Phi) is 9.84. The Hall–Kier alpha value is -0.0800. The van der Waals surface area contributed by atoms with Crippen LogP contribution in [0.3, 0.4) is 0 Å². The van der Waals surface area contributed by atoms with Crippen LogP contribution in [0.5, 0.6) is 0 Å². The van der Waals surface area contributed by atoms with Gasteiger partial charge in [-0.2, -0.15) is 0 Å². The highest BCUT2D eigenvalue weighted by molar-refractivity contribution is 14.0. The summed E-state index contributed by atoms with van der Waals surface area (Å²) < 4.78 is 6.04. The number of halogens is 1. The molecule has 0 unspecified atom stereocenters. The minimum atomic E-state index is 0. The quantitative estimate of drug-likeness (QED) is 0.209. The van der Waals surface area contributed by atoms with Crippen LogP contribution in [0.4, 0.5) is 0 Å². The second-order valence-corrected chi connectivity index (χ2v) is 7.67. The number of ether oxygens (including phenoxy) is 1. The smallest absolute Gasteiger partial charge is 0.191 e. The van der Waals surface area contributed by atoms with Gasteiger partial charge >= 0.3 is 0 Å². The minimum Gasteiger partial charge on any atom is -0.376 e. The molecular weight excluding hydrogens is 427 g/mol. The Morgan fingerprint density at radius 1 is 1.00 bits per heavy atom. The number of aliphatic imine (C=N–C) groups is 1. The van der Waals surface area contributed by atoms with Crippen LogP contribution in [0.1, 0.15) is 64.2 Å². The lowest BCUT2D eigenvalue weighted by atomic mass is 10.1. The van der Waals surface area contributed by atoms with E-state index in [9.17, 15) is 0 Å². The molecule has 0 amide bonds. The fourth-order valence-electron chi connectivity index (χ4n) is 4.04. The summed E-state index contributed by atoms with van der Waals surface area (Å²) in [4.78, 5) is 7.03. The molecule has 3 aliphatic rings. The summed E-state index contributed by atoms with van der Waals surface area (Å²) in [5.74, 6) is 0.935. The number of hydrogen-bond donors (Lipinski definition) is 2. The molecule has 0 aromatic rings. The lowest BCUT2D eigenvalue weighted by Gasteiger charge is -2.33. The van der Waals surface area contributed by atoms with E-state index in [1.54, 1.807) is 0 Å². The van der Waals surface area contributed by atoms with Crippen molar-refractivity contribution in [2.75, 3.05) is 33.3 Å². The third-order valence-corrected chi connectivity index (χ3v) is 5.71. The van der Waals surface area contributed by atoms with Gasteiger partial charge in [0, 0.05) is 38.8 Å². The van der Waals surface area contributed by atoms with Crippen LogP contribution in [0.25, 0.3) is 0 Å². The standard InChI is InChI=1S/C19H36N4O.HI/c1-20-19(21-12-15-24-18-6-4-2-3-5-7-18)22-16-10-13-23(14-11-16)17-8-9-17;/h16-18H,2-15H2,1H3,(H2,20,21,22);1H. The molecular formula is C19H37IN4O. The summed E-state index contributed by atoms with van der Waals surface area (Å²) in [6, 6.07) is 1.47. The summed E-state index contributed by atoms with van der Waals surface area (Å²) in [6.45, 7) is 4.11. The number of nitrogens with zero attached hydrogens (tertiary/aromatic N) is 2. The number of nitrogens with one attached hydrogen (secondary N) is 2. The molecule has 0 atom stereocenters. The van der Waals surface area contributed by atoms with Gasteiger partial charge in [0.15, 0.2) is 5.96 Å². The summed E-state index contributed by atoms with van der Waals surface area (Å²) in [5.41, 5.74) is 0. The molecule has 0 aromatic heterocycles. The molecule has 6 heteroatoms. The highest BCUT2D eigenvalue weighted by Crippen LogP contribution is 2.29. The summed E-state index contributed by atoms with van der Waals surface area (Å²) >= 11 is 0. The van der Waals surface area contributed by atoms with Crippen LogP contribution in [-0.2, 0) is 4.74 Å². The molecule has 146 valence electrons. The monoisotopic (exact) mass is 464 g/mol. The van der Waals surface area contributed by atoms with Gasteiger partial charge < -0.3 is 20.3 Å². The maximum absolute atomic E-state index is 6.04. The molecule has 0 bridgehead atoms. The zero-order chi connectivity index (χ0) is 16.6. The van der Waals surface area contributed by atoms with Gasteiger partial charge in [-0.15, -0.1) is 24.0 Å². The van der Waals surface area contributed by atoms with E-state index in [1.807, 2.05) is 7.05 Å². The molecule has 2 saturated carbocycles. The molecule has 25 heavy (non-hydrogen) atoms. The van der Waals surface area contributed by atoms with E-state index in [2.05, 4.69) is 20.5 Å². The van der Waals surface area contributed by atoms with Crippen molar-refractivity contribution in [2.45, 2.75) is 82.4 Å². The molecule has 2 aliphatic carbocycles. The normalized spacial score (nSPS) is 24.4. The number of piperidine rings is 1. The Bertz CT molecular complexity index is 387. The predicted molar refractivity (Wildman–Crippen MR) is 115 cm³/mol. The lowest BCUT2D eigenvalue weighted by Crippen LogP contribution is -2.49. The second-order valence-electron chi connectivity index (χ2n) is 7.67. The first-order valence-corrected chi connectivity index (χ1v) is 10.2. The molecule has 1 aliphatic heterocycles. The largest absolute Gasteiger partial charge is 0.376 e. The Morgan fingerprint density at radius 3 is 2.28 bits per heavy atom. The van der Waals surface area contributed by atoms with E-state index < -0.39 is 0 Å². The fraction of sp³-hybridized carbons (Fsp3) is 0.947. The molecule has 3 fully saturated rings. The van der Waals surface area contributed by atoms with Gasteiger partial charge in [-0.25, -0.2) is 0 Å². The summed E-state index contributed by atoms with van der Waals surface area (Å²) in [5, 5.41) is 7.01. The van der Waals surface area contributed by atoms with E-state index in [-0.39, 0.29) is 24.0 Å². The average molecular weight is 464 g/mol. The molecule has 2 N–H and O–H groups in total. The number of guanidine groups is 1. The maximum Gasteiger partial charge on any atom is 0.191 e. The topological polar surface area (TPSA) is 48.9 Å². The number of likely N-dealkylation sites (tertiary alicyclic amines) is 1. The first-order chi connectivity index (χ1) is 11.8. The third-order valence-electron chi connectivity index (χ3n) is 5.71. The van der Waals surface area contributed by atoms with Crippen molar-refractivity contribution >= 4 is 29.9 Å². The maximum atomic E-state index is 6.04. The van der Waals surface area contributed by atoms with Crippen LogP contribution in [0.2, 0.25) is 0 Å². The Morgan fingerprint density at radius 2 is 1.68 bits per heavy atom. The van der Waals surface area contributed by atoms with Gasteiger partial charge in [0.2, 0.25) is 0 Å². The molecule has 5 nitrogen and oxygen atoms in total. The zero-order valence-corrected chi connectivity index (χ0v) is 18.2. The van der Waals surface area contributed by atoms with Gasteiger partial charge in [-0.1, -0.05) is 25.7 Å². The Balaban J connectivity index is 0.00000225. The van der Waals surface area contributed by atoms with Crippen molar-refractivity contribution in [1.29, 1.82) is 0 Å². The van der Waals surface area contributed by atoms with Crippen molar-refractivity contribution in [2.24, 2.45) is 4.99 Å². The van der Waals surface area contributed by atoms with Gasteiger partial charge in [0.05, 0.1) is 12.7 Å². The van der Waals surface area contributed by atoms with Crippen molar-refractivity contribution in [3.63, 3.8) is 0 Å². The van der Waals surface area contributed by atoms with Gasteiger partial charge in [0.1, 0.15) is 0 Å². The highest BCUT2D eigenvalue weighted by Gasteiger charge is 2.31. The second kappa shape index (κ2) is 11.6. The molecule has 0 aromatic carbocycles. The van der Waals surface area contributed by atoms with E-state index in [4.69, 9.17) is 4.74 Å². The summed E-state index contributed by atoms with van der Waals surface area (Å²) in [7, 11) is 1.86. The van der Waals surface area contributed by atoms with Crippen LogP contribution in [0.15, 0.2) is 4.99 Å². The van der Waals surface area contributed by atoms with Gasteiger partial charge in [0.25, 0.3) is 0 Å². The SMILES string of the molecule is CN=C(NCCOC1CCCCCC1)NC1CCN(C2CC2)CC1.I. The Labute approximate surface area is 170 Å². The molecule has 3 rings (SSSR count). The molecule has 0 radical (unpaired) electrons. The third kappa shape index (κ3) is 7.59. The van der Waals surface area contributed by atoms with Crippen molar-refractivity contribution in [1.82, 2.24) is 15.5 Å². The highest BCUT2D eigenvalue weighted by atomic mass is 127. The molecule has 1 saturated heterocycles. The zero-order valence-electron chi connectivity index (χ0n) is 15.8. The van der Waals surface area contributed by atoms with E-state index in [1.165, 1.54) is 77.3 Å². The van der Waals surface area contributed by atoms with E-state index >= 15 is 0 Å². The average Bonchev–Trinajstić information content (AvgIpc) is 3.45. The van der Waals surface area contributed by atoms with Gasteiger partial charge in [-0.05, 0) is 38.5 Å². The number of rotatable bonds is 6. The predicted octanol–water partition coefficient (Wildman–Crippen LogP) is 3.14. The van der Waals surface area contributed by atoms with Gasteiger partial charge in [-0.3, -0.25) is 4.99 Å². The van der Waals surface area contributed by atoms with Crippen molar-refractivity contribution < 1.29 is 4.74 Å². The molecule has 1 heterocycles. The number of hydrogen-bond acceptors (Lipinski definition) is 3. The van der Waals surface area contributed by atoms with Crippen molar-refractivity contribution in [3.05, 3.63) is 0 Å². The van der Waals surface area contributed by atoms with E-state index in [0.717, 1.165) is 25.2 Å². The summed E-state index contributed by atoms with van der Waals surface area (Å²) in [6.07, 6.45) is 13.7. The first-order valence-electron chi connectivity index (χ1n) is 10.2. The van der Waals surface area contributed by atoms with Crippen LogP contribution in [0, 0.1) is 0 Å². The fourth-order valence-corrected chi connectivity index (χ4v) is 4.04. The first kappa shape index (κ1) is 21.2. The van der Waals surface area contributed by atoms with Crippen LogP contribution in [-0.4, -0.2) is 62.3 Å². The lowest BCUT2D eigenvalue weighted by molar-refractivity contribution is 0.0467. The molecule has 0 spiro atoms. The van der Waals surface area contributed by atoms with Crippen molar-refractivity contribution in [3.8, 4) is 0 Å². The van der Waals surface area contributed by atoms with Crippen LogP contribution >= 0.6 is 24.0 Å².